The largest absolute Gasteiger partial charge is 0.424 e. The van der Waals surface area contributed by atoms with Crippen molar-refractivity contribution < 1.29 is 18.1 Å². The average Bonchev–Trinajstić information content (AvgIpc) is 3.36. The number of hydrogen-bond acceptors (Lipinski definition) is 7. The number of oxazole rings is 1. The Morgan fingerprint density at radius 3 is 2.53 bits per heavy atom. The first-order valence-electron chi connectivity index (χ1n) is 12.4. The molecule has 10 heteroatoms. The molecule has 3 aromatic rings. The summed E-state index contributed by atoms with van der Waals surface area (Å²) in [6, 6.07) is 11.4. The van der Waals surface area contributed by atoms with Crippen molar-refractivity contribution in [3.8, 4) is 11.3 Å². The van der Waals surface area contributed by atoms with E-state index >= 15 is 0 Å². The molecular formula is C26H29F2N5O3. The SMILES string of the molecule is O=[N+]([O-])c1ccc(N2CCC[C@H](N[C@@H]3CCCC[C@H]3Nc3ncc(-c4ccc(F)c(F)c4)o3)C2)cc1. The standard InChI is InChI=1S/C26H29F2N5O3/c27-21-12-7-17(14-22(21)28)25-15-29-26(36-25)31-24-6-2-1-5-23(24)30-18-4-3-13-32(16-18)19-8-10-20(11-9-19)33(34)35/h7-12,14-15,18,23-24,30H,1-6,13,16H2,(H,29,31)/t18-,23+,24+/m0/s1. The van der Waals surface area contributed by atoms with Crippen LogP contribution in [0.5, 0.6) is 0 Å². The molecule has 2 aliphatic rings. The number of piperidine rings is 1. The highest BCUT2D eigenvalue weighted by molar-refractivity contribution is 5.57. The monoisotopic (exact) mass is 497 g/mol. The highest BCUT2D eigenvalue weighted by atomic mass is 19.2. The molecule has 190 valence electrons. The predicted molar refractivity (Wildman–Crippen MR) is 133 cm³/mol. The lowest BCUT2D eigenvalue weighted by Crippen LogP contribution is -2.54. The zero-order valence-electron chi connectivity index (χ0n) is 19.8. The first kappa shape index (κ1) is 24.2. The summed E-state index contributed by atoms with van der Waals surface area (Å²) in [6.07, 6.45) is 7.86. The Kier molecular flexibility index (Phi) is 7.13. The fourth-order valence-electron chi connectivity index (χ4n) is 5.22. The molecule has 1 aromatic heterocycles. The van der Waals surface area contributed by atoms with Gasteiger partial charge in [0.05, 0.1) is 11.1 Å². The van der Waals surface area contributed by atoms with Crippen LogP contribution in [0.25, 0.3) is 11.3 Å². The van der Waals surface area contributed by atoms with Gasteiger partial charge in [0.2, 0.25) is 0 Å². The highest BCUT2D eigenvalue weighted by Crippen LogP contribution is 2.28. The minimum absolute atomic E-state index is 0.0980. The van der Waals surface area contributed by atoms with Crippen LogP contribution in [0.15, 0.2) is 53.1 Å². The molecule has 1 saturated heterocycles. The van der Waals surface area contributed by atoms with E-state index in [2.05, 4.69) is 20.5 Å². The van der Waals surface area contributed by atoms with E-state index in [4.69, 9.17) is 4.42 Å². The lowest BCUT2D eigenvalue weighted by molar-refractivity contribution is -0.384. The van der Waals surface area contributed by atoms with E-state index in [1.807, 2.05) is 12.1 Å². The highest BCUT2D eigenvalue weighted by Gasteiger charge is 2.30. The summed E-state index contributed by atoms with van der Waals surface area (Å²) in [5, 5.41) is 18.2. The Labute approximate surface area is 207 Å². The lowest BCUT2D eigenvalue weighted by atomic mass is 9.89. The van der Waals surface area contributed by atoms with Crippen LogP contribution in [0.4, 0.5) is 26.2 Å². The smallest absolute Gasteiger partial charge is 0.295 e. The van der Waals surface area contributed by atoms with Gasteiger partial charge in [-0.25, -0.2) is 13.8 Å². The van der Waals surface area contributed by atoms with Crippen LogP contribution >= 0.6 is 0 Å². The zero-order chi connectivity index (χ0) is 25.1. The van der Waals surface area contributed by atoms with Crippen molar-refractivity contribution in [3.63, 3.8) is 0 Å². The van der Waals surface area contributed by atoms with Gasteiger partial charge in [-0.05, 0) is 56.0 Å². The third-order valence-corrected chi connectivity index (χ3v) is 7.08. The molecule has 1 aliphatic heterocycles. The maximum absolute atomic E-state index is 13.6. The van der Waals surface area contributed by atoms with Crippen LogP contribution in [-0.2, 0) is 0 Å². The van der Waals surface area contributed by atoms with Gasteiger partial charge in [-0.15, -0.1) is 0 Å². The van der Waals surface area contributed by atoms with E-state index in [-0.39, 0.29) is 22.7 Å². The molecule has 2 heterocycles. The van der Waals surface area contributed by atoms with E-state index in [1.54, 1.807) is 12.1 Å². The normalized spacial score (nSPS) is 22.4. The molecular weight excluding hydrogens is 468 g/mol. The fraction of sp³-hybridized carbons (Fsp3) is 0.423. The summed E-state index contributed by atoms with van der Waals surface area (Å²) in [6.45, 7) is 1.76. The van der Waals surface area contributed by atoms with Gasteiger partial charge in [-0.3, -0.25) is 10.1 Å². The van der Waals surface area contributed by atoms with E-state index in [1.165, 1.54) is 12.3 Å². The van der Waals surface area contributed by atoms with Crippen molar-refractivity contribution >= 4 is 17.4 Å². The predicted octanol–water partition coefficient (Wildman–Crippen LogP) is 5.51. The first-order chi connectivity index (χ1) is 17.5. The van der Waals surface area contributed by atoms with Crippen molar-refractivity contribution in [2.24, 2.45) is 0 Å². The Morgan fingerprint density at radius 2 is 1.78 bits per heavy atom. The number of nitro groups is 1. The number of nitrogens with zero attached hydrogens (tertiary/aromatic N) is 3. The van der Waals surface area contributed by atoms with E-state index in [9.17, 15) is 18.9 Å². The van der Waals surface area contributed by atoms with Crippen LogP contribution in [0, 0.1) is 21.7 Å². The van der Waals surface area contributed by atoms with Crippen LogP contribution in [-0.4, -0.2) is 41.1 Å². The number of non-ortho nitro benzene ring substituents is 1. The first-order valence-corrected chi connectivity index (χ1v) is 12.4. The minimum Gasteiger partial charge on any atom is -0.424 e. The second-order valence-electron chi connectivity index (χ2n) is 9.53. The average molecular weight is 498 g/mol. The maximum atomic E-state index is 13.6. The van der Waals surface area contributed by atoms with E-state index in [0.717, 1.165) is 69.4 Å². The molecule has 0 amide bonds. The summed E-state index contributed by atoms with van der Waals surface area (Å²) in [5.41, 5.74) is 1.53. The van der Waals surface area contributed by atoms with Crippen LogP contribution in [0.1, 0.15) is 38.5 Å². The number of nitrogens with one attached hydrogen (secondary N) is 2. The molecule has 1 saturated carbocycles. The van der Waals surface area contributed by atoms with Gasteiger partial charge in [-0.1, -0.05) is 12.8 Å². The summed E-state index contributed by atoms with van der Waals surface area (Å²) < 4.78 is 32.7. The number of halogens is 2. The number of benzene rings is 2. The molecule has 8 nitrogen and oxygen atoms in total. The van der Waals surface area contributed by atoms with Crippen molar-refractivity contribution in [1.29, 1.82) is 0 Å². The Hall–Kier alpha value is -3.53. The molecule has 0 bridgehead atoms. The van der Waals surface area contributed by atoms with E-state index in [0.29, 0.717) is 23.4 Å². The second-order valence-corrected chi connectivity index (χ2v) is 9.53. The number of anilines is 2. The van der Waals surface area contributed by atoms with Crippen molar-refractivity contribution in [1.82, 2.24) is 10.3 Å². The van der Waals surface area contributed by atoms with Gasteiger partial charge in [0.15, 0.2) is 17.4 Å². The molecule has 5 rings (SSSR count). The number of aromatic nitrogens is 1. The minimum atomic E-state index is -0.926. The van der Waals surface area contributed by atoms with Gasteiger partial charge in [-0.2, -0.15) is 0 Å². The molecule has 2 N–H and O–H groups in total. The van der Waals surface area contributed by atoms with Gasteiger partial charge < -0.3 is 20.0 Å². The van der Waals surface area contributed by atoms with Crippen LogP contribution in [0.2, 0.25) is 0 Å². The molecule has 1 aliphatic carbocycles. The quantitative estimate of drug-likeness (QED) is 0.328. The van der Waals surface area contributed by atoms with Gasteiger partial charge in [0, 0.05) is 54.6 Å². The maximum Gasteiger partial charge on any atom is 0.295 e. The Morgan fingerprint density at radius 1 is 1.00 bits per heavy atom. The molecule has 0 radical (unpaired) electrons. The summed E-state index contributed by atoms with van der Waals surface area (Å²) in [5.74, 6) is -1.45. The third kappa shape index (κ3) is 5.48. The zero-order valence-corrected chi connectivity index (χ0v) is 19.8. The molecule has 0 unspecified atom stereocenters. The summed E-state index contributed by atoms with van der Waals surface area (Å²) in [4.78, 5) is 17.2. The second kappa shape index (κ2) is 10.6. The van der Waals surface area contributed by atoms with Crippen LogP contribution < -0.4 is 15.5 Å². The van der Waals surface area contributed by atoms with Crippen molar-refractivity contribution in [3.05, 3.63) is 70.4 Å². The van der Waals surface area contributed by atoms with Gasteiger partial charge in [0.25, 0.3) is 11.7 Å². The third-order valence-electron chi connectivity index (χ3n) is 7.08. The molecule has 2 aromatic carbocycles. The summed E-state index contributed by atoms with van der Waals surface area (Å²) in [7, 11) is 0. The van der Waals surface area contributed by atoms with Gasteiger partial charge in [0.1, 0.15) is 0 Å². The van der Waals surface area contributed by atoms with Gasteiger partial charge >= 0.3 is 0 Å². The van der Waals surface area contributed by atoms with E-state index < -0.39 is 11.6 Å². The number of rotatable bonds is 7. The van der Waals surface area contributed by atoms with Crippen molar-refractivity contribution in [2.75, 3.05) is 23.3 Å². The topological polar surface area (TPSA) is 96.5 Å². The summed E-state index contributed by atoms with van der Waals surface area (Å²) >= 11 is 0. The fourth-order valence-corrected chi connectivity index (χ4v) is 5.22. The Bertz CT molecular complexity index is 1200. The number of hydrogen-bond donors (Lipinski definition) is 2. The van der Waals surface area contributed by atoms with Crippen molar-refractivity contribution in [2.45, 2.75) is 56.7 Å². The lowest BCUT2D eigenvalue weighted by Gasteiger charge is -2.40. The van der Waals surface area contributed by atoms with Crippen LogP contribution in [0.3, 0.4) is 0 Å². The Balaban J connectivity index is 1.22. The molecule has 3 atom stereocenters. The molecule has 36 heavy (non-hydrogen) atoms. The molecule has 2 fully saturated rings. The molecule has 0 spiro atoms. The number of nitro benzene ring substituents is 1.